The maximum Gasteiger partial charge on any atom is 0.217 e. The molecule has 2 unspecified atom stereocenters. The Morgan fingerprint density at radius 1 is 1.10 bits per heavy atom. The van der Waals surface area contributed by atoms with Gasteiger partial charge in [-0.3, -0.25) is 0 Å². The van der Waals surface area contributed by atoms with Crippen molar-refractivity contribution < 1.29 is 8.42 Å². The first-order valence-electron chi connectivity index (χ1n) is 8.31. The molecule has 0 aromatic rings. The van der Waals surface area contributed by atoms with Gasteiger partial charge in [-0.15, -0.1) is 0 Å². The summed E-state index contributed by atoms with van der Waals surface area (Å²) in [6.07, 6.45) is 8.24. The van der Waals surface area contributed by atoms with E-state index in [0.717, 1.165) is 58.0 Å². The van der Waals surface area contributed by atoms with Crippen molar-refractivity contribution in [1.29, 1.82) is 0 Å². The third-order valence-electron chi connectivity index (χ3n) is 4.90. The highest BCUT2D eigenvalue weighted by Crippen LogP contribution is 2.31. The van der Waals surface area contributed by atoms with E-state index in [1.807, 2.05) is 4.31 Å². The molecule has 118 valence electrons. The fourth-order valence-corrected chi connectivity index (χ4v) is 6.12. The van der Waals surface area contributed by atoms with E-state index in [2.05, 4.69) is 19.2 Å². The molecule has 5 heteroatoms. The van der Waals surface area contributed by atoms with Gasteiger partial charge in [0, 0.05) is 18.6 Å². The van der Waals surface area contributed by atoms with Crippen LogP contribution >= 0.6 is 0 Å². The Bertz CT molecular complexity index is 391. The van der Waals surface area contributed by atoms with Crippen LogP contribution in [0.1, 0.15) is 65.2 Å². The van der Waals surface area contributed by atoms with E-state index in [0.29, 0.717) is 0 Å². The predicted octanol–water partition coefficient (Wildman–Crippen LogP) is 2.50. The van der Waals surface area contributed by atoms with E-state index in [1.165, 1.54) is 6.42 Å². The lowest BCUT2D eigenvalue weighted by atomic mass is 9.99. The Balaban J connectivity index is 2.13. The molecule has 1 aliphatic heterocycles. The maximum atomic E-state index is 13.0. The zero-order valence-corrected chi connectivity index (χ0v) is 13.8. The van der Waals surface area contributed by atoms with E-state index >= 15 is 0 Å². The molecule has 20 heavy (non-hydrogen) atoms. The minimum Gasteiger partial charge on any atom is -0.313 e. The zero-order chi connectivity index (χ0) is 14.6. The van der Waals surface area contributed by atoms with Crippen LogP contribution in [0.15, 0.2) is 0 Å². The Hall–Kier alpha value is -0.130. The molecule has 1 saturated carbocycles. The first-order chi connectivity index (χ1) is 9.57. The number of piperidine rings is 1. The minimum atomic E-state index is -3.10. The molecule has 0 aromatic heterocycles. The molecule has 2 fully saturated rings. The maximum absolute atomic E-state index is 13.0. The quantitative estimate of drug-likeness (QED) is 0.849. The summed E-state index contributed by atoms with van der Waals surface area (Å²) in [5.74, 6) is 0. The van der Waals surface area contributed by atoms with Gasteiger partial charge in [0.25, 0.3) is 0 Å². The fourth-order valence-electron chi connectivity index (χ4n) is 3.76. The van der Waals surface area contributed by atoms with Crippen molar-refractivity contribution in [1.82, 2.24) is 9.62 Å². The molecule has 0 aromatic carbocycles. The summed E-state index contributed by atoms with van der Waals surface area (Å²) in [6.45, 7) is 5.83. The Labute approximate surface area is 124 Å². The van der Waals surface area contributed by atoms with Crippen LogP contribution < -0.4 is 5.32 Å². The van der Waals surface area contributed by atoms with Gasteiger partial charge in [-0.05, 0) is 39.2 Å². The number of nitrogens with zero attached hydrogens (tertiary/aromatic N) is 1. The molecule has 1 N–H and O–H groups in total. The average molecular weight is 302 g/mol. The molecular formula is C15H30N2O2S. The predicted molar refractivity (Wildman–Crippen MR) is 83.3 cm³/mol. The van der Waals surface area contributed by atoms with Crippen molar-refractivity contribution >= 4 is 10.0 Å². The van der Waals surface area contributed by atoms with Gasteiger partial charge < -0.3 is 5.32 Å². The fraction of sp³-hybridized carbons (Fsp3) is 1.00. The number of rotatable bonds is 5. The minimum absolute atomic E-state index is 0.120. The van der Waals surface area contributed by atoms with E-state index in [-0.39, 0.29) is 17.3 Å². The van der Waals surface area contributed by atoms with Gasteiger partial charge in [0.1, 0.15) is 0 Å². The summed E-state index contributed by atoms with van der Waals surface area (Å²) in [5, 5.41) is 3.29. The van der Waals surface area contributed by atoms with Gasteiger partial charge in [-0.25, -0.2) is 8.42 Å². The third-order valence-corrected chi connectivity index (χ3v) is 7.32. The zero-order valence-electron chi connectivity index (χ0n) is 13.0. The van der Waals surface area contributed by atoms with Crippen molar-refractivity contribution in [2.75, 3.05) is 13.1 Å². The molecule has 0 amide bonds. The first kappa shape index (κ1) is 16.2. The van der Waals surface area contributed by atoms with E-state index in [4.69, 9.17) is 0 Å². The standard InChI is InChI=1S/C15H30N2O2S/c1-3-16-13(2)15-11-7-8-12-17(15)20(18,19)14-9-5-4-6-10-14/h13-16H,3-12H2,1-2H3. The van der Waals surface area contributed by atoms with Crippen molar-refractivity contribution in [3.05, 3.63) is 0 Å². The third kappa shape index (κ3) is 3.55. The molecule has 4 nitrogen and oxygen atoms in total. The van der Waals surface area contributed by atoms with E-state index in [9.17, 15) is 8.42 Å². The number of sulfonamides is 1. The lowest BCUT2D eigenvalue weighted by molar-refractivity contribution is 0.206. The summed E-state index contributed by atoms with van der Waals surface area (Å²) < 4.78 is 27.8. The summed E-state index contributed by atoms with van der Waals surface area (Å²) in [6, 6.07) is 0.397. The molecule has 1 aliphatic carbocycles. The molecule has 2 atom stereocenters. The van der Waals surface area contributed by atoms with Crippen LogP contribution in [0.5, 0.6) is 0 Å². The molecule has 1 heterocycles. The largest absolute Gasteiger partial charge is 0.313 e. The Morgan fingerprint density at radius 2 is 1.75 bits per heavy atom. The highest BCUT2D eigenvalue weighted by Gasteiger charge is 2.39. The molecular weight excluding hydrogens is 272 g/mol. The summed E-state index contributed by atoms with van der Waals surface area (Å²) in [7, 11) is -3.10. The van der Waals surface area contributed by atoms with Crippen molar-refractivity contribution in [2.45, 2.75) is 82.5 Å². The molecule has 0 spiro atoms. The van der Waals surface area contributed by atoms with Crippen LogP contribution in [-0.2, 0) is 10.0 Å². The first-order valence-corrected chi connectivity index (χ1v) is 9.81. The second-order valence-electron chi connectivity index (χ2n) is 6.33. The Morgan fingerprint density at radius 3 is 2.40 bits per heavy atom. The monoisotopic (exact) mass is 302 g/mol. The summed E-state index contributed by atoms with van der Waals surface area (Å²) in [5.41, 5.74) is 0. The highest BCUT2D eigenvalue weighted by atomic mass is 32.2. The van der Waals surface area contributed by atoms with E-state index in [1.54, 1.807) is 0 Å². The van der Waals surface area contributed by atoms with Crippen LogP contribution in [0.4, 0.5) is 0 Å². The normalized spacial score (nSPS) is 28.4. The van der Waals surface area contributed by atoms with Crippen LogP contribution in [0.2, 0.25) is 0 Å². The molecule has 1 saturated heterocycles. The number of hydrogen-bond acceptors (Lipinski definition) is 3. The number of likely N-dealkylation sites (N-methyl/N-ethyl adjacent to an activating group) is 1. The average Bonchev–Trinajstić information content (AvgIpc) is 2.48. The van der Waals surface area contributed by atoms with Gasteiger partial charge in [-0.2, -0.15) is 4.31 Å². The number of nitrogens with one attached hydrogen (secondary N) is 1. The summed E-state index contributed by atoms with van der Waals surface area (Å²) in [4.78, 5) is 0. The second kappa shape index (κ2) is 7.23. The van der Waals surface area contributed by atoms with Crippen molar-refractivity contribution in [2.24, 2.45) is 0 Å². The van der Waals surface area contributed by atoms with Gasteiger partial charge in [0.15, 0.2) is 0 Å². The van der Waals surface area contributed by atoms with Crippen LogP contribution in [0.3, 0.4) is 0 Å². The second-order valence-corrected chi connectivity index (χ2v) is 8.49. The highest BCUT2D eigenvalue weighted by molar-refractivity contribution is 7.89. The lowest BCUT2D eigenvalue weighted by Gasteiger charge is -2.40. The molecule has 0 radical (unpaired) electrons. The SMILES string of the molecule is CCNC(C)C1CCCCN1S(=O)(=O)C1CCCCC1. The topological polar surface area (TPSA) is 49.4 Å². The smallest absolute Gasteiger partial charge is 0.217 e. The summed E-state index contributed by atoms with van der Waals surface area (Å²) >= 11 is 0. The van der Waals surface area contributed by atoms with Crippen molar-refractivity contribution in [3.8, 4) is 0 Å². The van der Waals surface area contributed by atoms with Crippen LogP contribution in [-0.4, -0.2) is 43.1 Å². The van der Waals surface area contributed by atoms with Gasteiger partial charge in [0.05, 0.1) is 5.25 Å². The molecule has 2 aliphatic rings. The molecule has 2 rings (SSSR count). The lowest BCUT2D eigenvalue weighted by Crippen LogP contribution is -2.55. The van der Waals surface area contributed by atoms with Crippen LogP contribution in [0, 0.1) is 0 Å². The number of hydrogen-bond donors (Lipinski definition) is 1. The van der Waals surface area contributed by atoms with Gasteiger partial charge in [-0.1, -0.05) is 32.6 Å². The molecule has 0 bridgehead atoms. The Kier molecular flexibility index (Phi) is 5.87. The van der Waals surface area contributed by atoms with Crippen molar-refractivity contribution in [3.63, 3.8) is 0 Å². The van der Waals surface area contributed by atoms with Gasteiger partial charge in [0.2, 0.25) is 10.0 Å². The van der Waals surface area contributed by atoms with E-state index < -0.39 is 10.0 Å². The van der Waals surface area contributed by atoms with Gasteiger partial charge >= 0.3 is 0 Å². The van der Waals surface area contributed by atoms with Crippen LogP contribution in [0.25, 0.3) is 0 Å².